The van der Waals surface area contributed by atoms with Crippen LogP contribution in [0.15, 0.2) is 12.3 Å². The van der Waals surface area contributed by atoms with E-state index in [-0.39, 0.29) is 0 Å². The van der Waals surface area contributed by atoms with E-state index in [1.54, 1.807) is 7.11 Å². The monoisotopic (exact) mass is 170 g/mol. The van der Waals surface area contributed by atoms with E-state index in [0.29, 0.717) is 12.1 Å². The first-order valence-electron chi connectivity index (χ1n) is 4.35. The minimum atomic E-state index is 0.404. The van der Waals surface area contributed by atoms with E-state index in [4.69, 9.17) is 4.74 Å². The molecule has 12 heavy (non-hydrogen) atoms. The van der Waals surface area contributed by atoms with Gasteiger partial charge in [0.2, 0.25) is 0 Å². The van der Waals surface area contributed by atoms with Crippen LogP contribution in [0, 0.1) is 0 Å². The molecule has 0 aromatic heterocycles. The molecule has 1 rings (SSSR count). The van der Waals surface area contributed by atoms with Gasteiger partial charge in [0.25, 0.3) is 0 Å². The molecule has 0 amide bonds. The maximum Gasteiger partial charge on any atom is 0.0716 e. The van der Waals surface area contributed by atoms with Crippen LogP contribution in [-0.4, -0.2) is 44.8 Å². The molecule has 1 heterocycles. The van der Waals surface area contributed by atoms with Crippen LogP contribution in [0.3, 0.4) is 0 Å². The zero-order chi connectivity index (χ0) is 8.97. The van der Waals surface area contributed by atoms with Gasteiger partial charge in [-0.1, -0.05) is 6.08 Å². The summed E-state index contributed by atoms with van der Waals surface area (Å²) >= 11 is 0. The summed E-state index contributed by atoms with van der Waals surface area (Å²) in [5.74, 6) is 0. The van der Waals surface area contributed by atoms with E-state index in [1.165, 1.54) is 0 Å². The second-order valence-corrected chi connectivity index (χ2v) is 3.25. The first kappa shape index (κ1) is 9.55. The first-order chi connectivity index (χ1) is 5.77. The van der Waals surface area contributed by atoms with E-state index in [2.05, 4.69) is 23.3 Å². The summed E-state index contributed by atoms with van der Waals surface area (Å²) in [5, 5.41) is 3.00. The summed E-state index contributed by atoms with van der Waals surface area (Å²) in [5.41, 5.74) is 0. The highest BCUT2D eigenvalue weighted by Crippen LogP contribution is 2.18. The number of likely N-dealkylation sites (tertiary alicyclic amines) is 1. The Morgan fingerprint density at radius 2 is 2.33 bits per heavy atom. The molecular formula is C9H18N2O. The summed E-state index contributed by atoms with van der Waals surface area (Å²) in [4.78, 5) is 2.31. The van der Waals surface area contributed by atoms with Gasteiger partial charge in [-0.05, 0) is 19.7 Å². The fourth-order valence-electron chi connectivity index (χ4n) is 1.58. The van der Waals surface area contributed by atoms with Crippen LogP contribution < -0.4 is 5.32 Å². The van der Waals surface area contributed by atoms with Crippen molar-refractivity contribution >= 4 is 0 Å². The van der Waals surface area contributed by atoms with E-state index in [1.807, 2.05) is 13.2 Å². The Morgan fingerprint density at radius 1 is 1.58 bits per heavy atom. The minimum absolute atomic E-state index is 0.404. The zero-order valence-corrected chi connectivity index (χ0v) is 8.08. The van der Waals surface area contributed by atoms with E-state index in [0.717, 1.165) is 13.0 Å². The molecule has 70 valence electrons. The Kier molecular flexibility index (Phi) is 3.56. The maximum absolute atomic E-state index is 5.30. The summed E-state index contributed by atoms with van der Waals surface area (Å²) in [6, 6.07) is 0.530. The molecule has 3 nitrogen and oxygen atoms in total. The summed E-state index contributed by atoms with van der Waals surface area (Å²) < 4.78 is 5.30. The Hall–Kier alpha value is -0.540. The number of hydrogen-bond donors (Lipinski definition) is 1. The van der Waals surface area contributed by atoms with Gasteiger partial charge >= 0.3 is 0 Å². The van der Waals surface area contributed by atoms with Crippen LogP contribution in [0.4, 0.5) is 0 Å². The first-order valence-corrected chi connectivity index (χ1v) is 4.35. The van der Waals surface area contributed by atoms with Gasteiger partial charge in [-0.2, -0.15) is 0 Å². The van der Waals surface area contributed by atoms with Crippen LogP contribution >= 0.6 is 0 Å². The zero-order valence-electron chi connectivity index (χ0n) is 8.08. The second-order valence-electron chi connectivity index (χ2n) is 3.25. The lowest BCUT2D eigenvalue weighted by molar-refractivity contribution is 0.111. The van der Waals surface area contributed by atoms with E-state index < -0.39 is 0 Å². The predicted octanol–water partition coefficient (Wildman–Crippen LogP) is 0.439. The van der Waals surface area contributed by atoms with Crippen molar-refractivity contribution in [2.24, 2.45) is 0 Å². The third kappa shape index (κ3) is 2.22. The standard InChI is InChI=1S/C9H18N2O/c1-10-5-4-8-6-9(12-3)7-11(8)2/h4-5,8-10H,6-7H2,1-3H3/b5-4+. The van der Waals surface area contributed by atoms with Crippen LogP contribution in [0.25, 0.3) is 0 Å². The third-order valence-electron chi connectivity index (χ3n) is 2.38. The van der Waals surface area contributed by atoms with Gasteiger partial charge in [0.1, 0.15) is 0 Å². The lowest BCUT2D eigenvalue weighted by atomic mass is 10.2. The molecule has 0 spiro atoms. The van der Waals surface area contributed by atoms with Crippen molar-refractivity contribution in [3.05, 3.63) is 12.3 Å². The minimum Gasteiger partial charge on any atom is -0.394 e. The number of nitrogens with one attached hydrogen (secondary N) is 1. The average Bonchev–Trinajstić information content (AvgIpc) is 2.43. The van der Waals surface area contributed by atoms with Gasteiger partial charge in [0.05, 0.1) is 6.10 Å². The summed E-state index contributed by atoms with van der Waals surface area (Å²) in [7, 11) is 5.83. The Morgan fingerprint density at radius 3 is 2.83 bits per heavy atom. The molecule has 1 fully saturated rings. The fourth-order valence-corrected chi connectivity index (χ4v) is 1.58. The van der Waals surface area contributed by atoms with Crippen molar-refractivity contribution in [1.82, 2.24) is 10.2 Å². The summed E-state index contributed by atoms with van der Waals surface area (Å²) in [6.07, 6.45) is 5.67. The summed E-state index contributed by atoms with van der Waals surface area (Å²) in [6.45, 7) is 1.04. The highest BCUT2D eigenvalue weighted by Gasteiger charge is 2.26. The van der Waals surface area contributed by atoms with Gasteiger partial charge in [-0.15, -0.1) is 0 Å². The lowest BCUT2D eigenvalue weighted by Crippen LogP contribution is -2.23. The van der Waals surface area contributed by atoms with Gasteiger partial charge in [-0.25, -0.2) is 0 Å². The van der Waals surface area contributed by atoms with Gasteiger partial charge in [-0.3, -0.25) is 4.90 Å². The molecule has 0 aliphatic carbocycles. The van der Waals surface area contributed by atoms with Gasteiger partial charge in [0.15, 0.2) is 0 Å². The van der Waals surface area contributed by atoms with Gasteiger partial charge in [0, 0.05) is 26.7 Å². The molecule has 0 saturated carbocycles. The van der Waals surface area contributed by atoms with Gasteiger partial charge < -0.3 is 10.1 Å². The van der Waals surface area contributed by atoms with Crippen molar-refractivity contribution in [3.8, 4) is 0 Å². The van der Waals surface area contributed by atoms with E-state index in [9.17, 15) is 0 Å². The quantitative estimate of drug-likeness (QED) is 0.665. The van der Waals surface area contributed by atoms with Crippen LogP contribution in [0.1, 0.15) is 6.42 Å². The molecule has 1 aliphatic rings. The highest BCUT2D eigenvalue weighted by molar-refractivity contribution is 4.98. The molecule has 0 radical (unpaired) electrons. The molecule has 2 atom stereocenters. The van der Waals surface area contributed by atoms with Crippen LogP contribution in [-0.2, 0) is 4.74 Å². The number of hydrogen-bond acceptors (Lipinski definition) is 3. The third-order valence-corrected chi connectivity index (χ3v) is 2.38. The Balaban J connectivity index is 2.40. The maximum atomic E-state index is 5.30. The number of ether oxygens (including phenoxy) is 1. The fraction of sp³-hybridized carbons (Fsp3) is 0.778. The molecule has 0 aromatic carbocycles. The predicted molar refractivity (Wildman–Crippen MR) is 50.0 cm³/mol. The number of methoxy groups -OCH3 is 1. The molecular weight excluding hydrogens is 152 g/mol. The molecule has 3 heteroatoms. The van der Waals surface area contributed by atoms with Crippen LogP contribution in [0.5, 0.6) is 0 Å². The second kappa shape index (κ2) is 4.48. The Labute approximate surface area is 74.4 Å². The highest BCUT2D eigenvalue weighted by atomic mass is 16.5. The lowest BCUT2D eigenvalue weighted by Gasteiger charge is -2.13. The molecule has 1 saturated heterocycles. The Bertz CT molecular complexity index is 159. The molecule has 1 N–H and O–H groups in total. The normalized spacial score (nSPS) is 31.6. The smallest absolute Gasteiger partial charge is 0.0716 e. The van der Waals surface area contributed by atoms with Crippen molar-refractivity contribution in [3.63, 3.8) is 0 Å². The molecule has 0 bridgehead atoms. The number of likely N-dealkylation sites (N-methyl/N-ethyl adjacent to an activating group) is 1. The van der Waals surface area contributed by atoms with Crippen LogP contribution in [0.2, 0.25) is 0 Å². The molecule has 1 aliphatic heterocycles. The molecule has 2 unspecified atom stereocenters. The number of rotatable bonds is 3. The molecule has 0 aromatic rings. The topological polar surface area (TPSA) is 24.5 Å². The number of nitrogens with zero attached hydrogens (tertiary/aromatic N) is 1. The van der Waals surface area contributed by atoms with E-state index >= 15 is 0 Å². The SMILES string of the molecule is CN/C=C/C1CC(OC)CN1C. The van der Waals surface area contributed by atoms with Crippen molar-refractivity contribution < 1.29 is 4.74 Å². The van der Waals surface area contributed by atoms with Crippen molar-refractivity contribution in [2.75, 3.05) is 27.7 Å². The van der Waals surface area contributed by atoms with Crippen molar-refractivity contribution in [1.29, 1.82) is 0 Å². The largest absolute Gasteiger partial charge is 0.394 e. The average molecular weight is 170 g/mol. The van der Waals surface area contributed by atoms with Crippen molar-refractivity contribution in [2.45, 2.75) is 18.6 Å².